The predicted octanol–water partition coefficient (Wildman–Crippen LogP) is 4.71. The predicted molar refractivity (Wildman–Crippen MR) is 115 cm³/mol. The van der Waals surface area contributed by atoms with Crippen LogP contribution in [0.3, 0.4) is 0 Å². The van der Waals surface area contributed by atoms with Crippen molar-refractivity contribution in [2.45, 2.75) is 18.4 Å². The lowest BCUT2D eigenvalue weighted by Gasteiger charge is -2.10. The molecule has 6 heteroatoms. The van der Waals surface area contributed by atoms with Gasteiger partial charge >= 0.3 is 0 Å². The molecule has 0 atom stereocenters. The third-order valence-corrected chi connectivity index (χ3v) is 6.01. The summed E-state index contributed by atoms with van der Waals surface area (Å²) >= 11 is 0. The molecule has 1 heterocycles. The molecule has 0 radical (unpaired) electrons. The van der Waals surface area contributed by atoms with Crippen LogP contribution in [-0.2, 0) is 16.6 Å². The van der Waals surface area contributed by atoms with Gasteiger partial charge in [0.15, 0.2) is 0 Å². The highest BCUT2D eigenvalue weighted by Gasteiger charge is 2.24. The lowest BCUT2D eigenvalue weighted by atomic mass is 10.2. The lowest BCUT2D eigenvalue weighted by Crippen LogP contribution is -2.14. The van der Waals surface area contributed by atoms with Gasteiger partial charge in [-0.05, 0) is 24.1 Å². The quantitative estimate of drug-likeness (QED) is 0.507. The summed E-state index contributed by atoms with van der Waals surface area (Å²) in [5.74, 6) is 0. The maximum absolute atomic E-state index is 13.2. The van der Waals surface area contributed by atoms with Crippen molar-refractivity contribution >= 4 is 15.7 Å². The van der Waals surface area contributed by atoms with Gasteiger partial charge < -0.3 is 0 Å². The van der Waals surface area contributed by atoms with Gasteiger partial charge in [0, 0.05) is 11.8 Å². The Kier molecular flexibility index (Phi) is 5.18. The van der Waals surface area contributed by atoms with Gasteiger partial charge in [-0.2, -0.15) is 5.10 Å². The Balaban J connectivity index is 1.77. The molecule has 0 aliphatic carbocycles. The summed E-state index contributed by atoms with van der Waals surface area (Å²) in [6.07, 6.45) is 1.59. The van der Waals surface area contributed by atoms with Gasteiger partial charge in [-0.3, -0.25) is 9.40 Å². The van der Waals surface area contributed by atoms with Crippen LogP contribution in [0.4, 0.5) is 5.69 Å². The zero-order valence-electron chi connectivity index (χ0n) is 16.0. The third-order valence-electron chi connectivity index (χ3n) is 4.64. The van der Waals surface area contributed by atoms with E-state index in [1.54, 1.807) is 16.9 Å². The smallest absolute Gasteiger partial charge is 0.265 e. The molecular weight excluding hydrogens is 382 g/mol. The number of nitrogens with zero attached hydrogens (tertiary/aromatic N) is 2. The van der Waals surface area contributed by atoms with Gasteiger partial charge in [-0.15, -0.1) is 0 Å². The van der Waals surface area contributed by atoms with E-state index in [-0.39, 0.29) is 4.90 Å². The molecule has 0 unspecified atom stereocenters. The van der Waals surface area contributed by atoms with Gasteiger partial charge in [-0.1, -0.05) is 78.9 Å². The molecule has 1 aromatic heterocycles. The fraction of sp³-hybridized carbons (Fsp3) is 0.0870. The van der Waals surface area contributed by atoms with Crippen molar-refractivity contribution in [3.8, 4) is 11.3 Å². The van der Waals surface area contributed by atoms with E-state index in [2.05, 4.69) is 9.82 Å². The van der Waals surface area contributed by atoms with Crippen LogP contribution >= 0.6 is 0 Å². The summed E-state index contributed by atoms with van der Waals surface area (Å²) in [5.41, 5.74) is 3.65. The standard InChI is InChI=1S/C23H21N3O2S/c1-18-10-8-9-15-21(18)25-29(27,28)22-17-26(16-19-11-4-2-5-12-19)24-23(22)20-13-6-3-7-14-20/h2-15,17,25H,16H2,1H3. The van der Waals surface area contributed by atoms with Crippen molar-refractivity contribution in [2.75, 3.05) is 4.72 Å². The van der Waals surface area contributed by atoms with Crippen LogP contribution < -0.4 is 4.72 Å². The van der Waals surface area contributed by atoms with Crippen LogP contribution in [0.5, 0.6) is 0 Å². The number of anilines is 1. The molecule has 0 saturated heterocycles. The lowest BCUT2D eigenvalue weighted by molar-refractivity contribution is 0.601. The average Bonchev–Trinajstić information content (AvgIpc) is 3.16. The van der Waals surface area contributed by atoms with Crippen molar-refractivity contribution < 1.29 is 8.42 Å². The van der Waals surface area contributed by atoms with Crippen LogP contribution in [0.1, 0.15) is 11.1 Å². The molecule has 1 N–H and O–H groups in total. The number of sulfonamides is 1. The van der Waals surface area contributed by atoms with Crippen LogP contribution in [0.15, 0.2) is 96.0 Å². The van der Waals surface area contributed by atoms with E-state index in [1.807, 2.05) is 85.8 Å². The first-order chi connectivity index (χ1) is 14.0. The van der Waals surface area contributed by atoms with Crippen molar-refractivity contribution in [3.63, 3.8) is 0 Å². The fourth-order valence-electron chi connectivity index (χ4n) is 3.13. The second-order valence-corrected chi connectivity index (χ2v) is 8.46. The van der Waals surface area contributed by atoms with Gasteiger partial charge in [0.1, 0.15) is 10.6 Å². The van der Waals surface area contributed by atoms with Gasteiger partial charge in [0.25, 0.3) is 10.0 Å². The number of benzene rings is 3. The molecule has 29 heavy (non-hydrogen) atoms. The Hall–Kier alpha value is -3.38. The number of para-hydroxylation sites is 1. The monoisotopic (exact) mass is 403 g/mol. The first kappa shape index (κ1) is 19.0. The van der Waals surface area contributed by atoms with Crippen molar-refractivity contribution in [2.24, 2.45) is 0 Å². The highest BCUT2D eigenvalue weighted by Crippen LogP contribution is 2.28. The Labute approximate surface area is 170 Å². The number of aryl methyl sites for hydroxylation is 1. The zero-order chi connectivity index (χ0) is 20.3. The largest absolute Gasteiger partial charge is 0.279 e. The van der Waals surface area contributed by atoms with E-state index in [9.17, 15) is 8.42 Å². The van der Waals surface area contributed by atoms with E-state index in [4.69, 9.17) is 0 Å². The Morgan fingerprint density at radius 3 is 2.17 bits per heavy atom. The molecule has 4 aromatic rings. The molecule has 3 aromatic carbocycles. The topological polar surface area (TPSA) is 64.0 Å². The molecule has 0 saturated carbocycles. The maximum Gasteiger partial charge on any atom is 0.265 e. The summed E-state index contributed by atoms with van der Waals surface area (Å²) in [7, 11) is -3.82. The maximum atomic E-state index is 13.2. The molecule has 146 valence electrons. The van der Waals surface area contributed by atoms with E-state index >= 15 is 0 Å². The Morgan fingerprint density at radius 2 is 1.48 bits per heavy atom. The summed E-state index contributed by atoms with van der Waals surface area (Å²) in [5, 5.41) is 4.60. The van der Waals surface area contributed by atoms with Crippen LogP contribution in [0, 0.1) is 6.92 Å². The van der Waals surface area contributed by atoms with Crippen LogP contribution in [0.2, 0.25) is 0 Å². The van der Waals surface area contributed by atoms with E-state index in [0.717, 1.165) is 16.7 Å². The molecule has 0 aliphatic heterocycles. The third kappa shape index (κ3) is 4.22. The number of hydrogen-bond donors (Lipinski definition) is 1. The number of rotatable bonds is 6. The molecule has 0 fully saturated rings. The van der Waals surface area contributed by atoms with E-state index < -0.39 is 10.0 Å². The highest BCUT2D eigenvalue weighted by molar-refractivity contribution is 7.92. The zero-order valence-corrected chi connectivity index (χ0v) is 16.8. The second-order valence-electron chi connectivity index (χ2n) is 6.81. The summed E-state index contributed by atoms with van der Waals surface area (Å²) < 4.78 is 30.9. The molecule has 5 nitrogen and oxygen atoms in total. The van der Waals surface area contributed by atoms with Gasteiger partial charge in [0.2, 0.25) is 0 Å². The minimum absolute atomic E-state index is 0.155. The summed E-state index contributed by atoms with van der Waals surface area (Å²) in [6, 6.07) is 26.5. The molecule has 0 aliphatic rings. The first-order valence-electron chi connectivity index (χ1n) is 9.28. The van der Waals surface area contributed by atoms with Gasteiger partial charge in [-0.25, -0.2) is 8.42 Å². The Morgan fingerprint density at radius 1 is 0.862 bits per heavy atom. The highest BCUT2D eigenvalue weighted by atomic mass is 32.2. The SMILES string of the molecule is Cc1ccccc1NS(=O)(=O)c1cn(Cc2ccccc2)nc1-c1ccccc1. The summed E-state index contributed by atoms with van der Waals surface area (Å²) in [4.78, 5) is 0.155. The Bertz CT molecular complexity index is 1220. The minimum Gasteiger partial charge on any atom is -0.279 e. The molecule has 0 spiro atoms. The van der Waals surface area contributed by atoms with Crippen LogP contribution in [0.25, 0.3) is 11.3 Å². The average molecular weight is 404 g/mol. The first-order valence-corrected chi connectivity index (χ1v) is 10.8. The molecular formula is C23H21N3O2S. The van der Waals surface area contributed by atoms with E-state index in [1.165, 1.54) is 0 Å². The normalized spacial score (nSPS) is 11.3. The fourth-order valence-corrected chi connectivity index (χ4v) is 4.44. The molecule has 4 rings (SSSR count). The van der Waals surface area contributed by atoms with Crippen LogP contribution in [-0.4, -0.2) is 18.2 Å². The molecule has 0 amide bonds. The number of aromatic nitrogens is 2. The van der Waals surface area contributed by atoms with Crippen molar-refractivity contribution in [1.82, 2.24) is 9.78 Å². The van der Waals surface area contributed by atoms with Crippen molar-refractivity contribution in [1.29, 1.82) is 0 Å². The second kappa shape index (κ2) is 7.93. The summed E-state index contributed by atoms with van der Waals surface area (Å²) in [6.45, 7) is 2.36. The number of nitrogens with one attached hydrogen (secondary N) is 1. The molecule has 0 bridgehead atoms. The van der Waals surface area contributed by atoms with Gasteiger partial charge in [0.05, 0.1) is 12.2 Å². The number of hydrogen-bond acceptors (Lipinski definition) is 3. The van der Waals surface area contributed by atoms with E-state index in [0.29, 0.717) is 17.9 Å². The minimum atomic E-state index is -3.82. The van der Waals surface area contributed by atoms with Crippen molar-refractivity contribution in [3.05, 3.63) is 102 Å².